The van der Waals surface area contributed by atoms with Gasteiger partial charge in [-0.25, -0.2) is 9.59 Å². The number of aromatic nitrogens is 1. The Hall–Kier alpha value is -2.64. The van der Waals surface area contributed by atoms with Gasteiger partial charge < -0.3 is 19.1 Å². The SMILES string of the molecule is CC(C)(C)OC(=O)N1CCC2C(=O)OCC2C1.O=C1OCc2cnccc21. The number of nitrogens with zero attached hydrogens (tertiary/aromatic N) is 2. The summed E-state index contributed by atoms with van der Waals surface area (Å²) in [6.07, 6.45) is 3.63. The van der Waals surface area contributed by atoms with Crippen LogP contribution >= 0.6 is 0 Å². The summed E-state index contributed by atoms with van der Waals surface area (Å²) in [5.74, 6) is -0.228. The lowest BCUT2D eigenvalue weighted by Gasteiger charge is -2.33. The first-order chi connectivity index (χ1) is 12.7. The summed E-state index contributed by atoms with van der Waals surface area (Å²) in [7, 11) is 0. The average molecular weight is 376 g/mol. The number of hydrogen-bond acceptors (Lipinski definition) is 7. The summed E-state index contributed by atoms with van der Waals surface area (Å²) in [5.41, 5.74) is 1.05. The van der Waals surface area contributed by atoms with E-state index >= 15 is 0 Å². The third-order valence-electron chi connectivity index (χ3n) is 4.61. The van der Waals surface area contributed by atoms with E-state index in [1.807, 2.05) is 20.8 Å². The van der Waals surface area contributed by atoms with Crippen LogP contribution in [0.15, 0.2) is 18.5 Å². The van der Waals surface area contributed by atoms with Crippen LogP contribution in [0.2, 0.25) is 0 Å². The summed E-state index contributed by atoms with van der Waals surface area (Å²) < 4.78 is 15.1. The second-order valence-corrected chi connectivity index (χ2v) is 7.82. The molecule has 1 aromatic heterocycles. The molecule has 0 radical (unpaired) electrons. The Morgan fingerprint density at radius 1 is 1.30 bits per heavy atom. The van der Waals surface area contributed by atoms with Gasteiger partial charge >= 0.3 is 18.0 Å². The molecular formula is C19H24N2O6. The third-order valence-corrected chi connectivity index (χ3v) is 4.61. The van der Waals surface area contributed by atoms with E-state index in [1.165, 1.54) is 0 Å². The van der Waals surface area contributed by atoms with Crippen molar-refractivity contribution in [3.8, 4) is 0 Å². The number of hydrogen-bond donors (Lipinski definition) is 0. The molecule has 8 heteroatoms. The fraction of sp³-hybridized carbons (Fsp3) is 0.579. The van der Waals surface area contributed by atoms with Crippen LogP contribution in [0.25, 0.3) is 0 Å². The van der Waals surface area contributed by atoms with Gasteiger partial charge in [0.25, 0.3) is 0 Å². The van der Waals surface area contributed by atoms with E-state index in [-0.39, 0.29) is 29.9 Å². The van der Waals surface area contributed by atoms with E-state index in [0.29, 0.717) is 38.3 Å². The molecule has 0 aliphatic carbocycles. The van der Waals surface area contributed by atoms with Crippen LogP contribution in [-0.4, -0.2) is 53.2 Å². The molecule has 0 bridgehead atoms. The van der Waals surface area contributed by atoms with Crippen molar-refractivity contribution in [2.75, 3.05) is 19.7 Å². The lowest BCUT2D eigenvalue weighted by Crippen LogP contribution is -2.46. The number of rotatable bonds is 0. The standard InChI is InChI=1S/C12H19NO4.C7H5NO2/c1-12(2,3)17-11(15)13-5-4-9-8(6-13)7-16-10(9)14;9-7-6-1-2-8-3-5(6)4-10-7/h8-9H,4-7H2,1-3H3;1-3H,4H2. The van der Waals surface area contributed by atoms with Crippen LogP contribution in [0.1, 0.15) is 43.1 Å². The second kappa shape index (κ2) is 7.54. The van der Waals surface area contributed by atoms with Gasteiger partial charge in [-0.05, 0) is 33.3 Å². The van der Waals surface area contributed by atoms with Crippen LogP contribution in [-0.2, 0) is 25.6 Å². The maximum absolute atomic E-state index is 11.9. The highest BCUT2D eigenvalue weighted by Gasteiger charge is 2.42. The van der Waals surface area contributed by atoms with Gasteiger partial charge in [0, 0.05) is 37.0 Å². The highest BCUT2D eigenvalue weighted by atomic mass is 16.6. The minimum Gasteiger partial charge on any atom is -0.465 e. The smallest absolute Gasteiger partial charge is 0.410 e. The Balaban J connectivity index is 0.000000177. The minimum atomic E-state index is -0.476. The Bertz CT molecular complexity index is 742. The second-order valence-electron chi connectivity index (χ2n) is 7.82. The molecule has 8 nitrogen and oxygen atoms in total. The molecule has 27 heavy (non-hydrogen) atoms. The third kappa shape index (κ3) is 4.56. The van der Waals surface area contributed by atoms with Gasteiger partial charge in [0.2, 0.25) is 0 Å². The van der Waals surface area contributed by atoms with Gasteiger partial charge in [-0.15, -0.1) is 0 Å². The zero-order valence-corrected chi connectivity index (χ0v) is 15.8. The van der Waals surface area contributed by atoms with Gasteiger partial charge in [-0.3, -0.25) is 9.78 Å². The predicted molar refractivity (Wildman–Crippen MR) is 93.7 cm³/mol. The molecule has 4 rings (SSSR count). The van der Waals surface area contributed by atoms with Gasteiger partial charge in [-0.1, -0.05) is 0 Å². The number of amides is 1. The normalized spacial score (nSPS) is 23.4. The summed E-state index contributed by atoms with van der Waals surface area (Å²) in [5, 5.41) is 0. The fourth-order valence-corrected chi connectivity index (χ4v) is 3.26. The van der Waals surface area contributed by atoms with Crippen molar-refractivity contribution in [3.05, 3.63) is 29.6 Å². The number of piperidine rings is 1. The van der Waals surface area contributed by atoms with Crippen molar-refractivity contribution in [2.24, 2.45) is 11.8 Å². The van der Waals surface area contributed by atoms with Crippen LogP contribution < -0.4 is 0 Å². The minimum absolute atomic E-state index is 0.0197. The van der Waals surface area contributed by atoms with Crippen LogP contribution in [0.5, 0.6) is 0 Å². The quantitative estimate of drug-likeness (QED) is 0.506. The maximum atomic E-state index is 11.9. The Morgan fingerprint density at radius 3 is 2.78 bits per heavy atom. The molecule has 0 saturated carbocycles. The predicted octanol–water partition coefficient (Wildman–Crippen LogP) is 2.17. The maximum Gasteiger partial charge on any atom is 0.410 e. The van der Waals surface area contributed by atoms with Crippen molar-refractivity contribution in [3.63, 3.8) is 0 Å². The van der Waals surface area contributed by atoms with E-state index in [2.05, 4.69) is 4.98 Å². The Labute approximate surface area is 157 Å². The molecule has 2 unspecified atom stereocenters. The number of fused-ring (bicyclic) bond motifs is 2. The Morgan fingerprint density at radius 2 is 2.07 bits per heavy atom. The molecular weight excluding hydrogens is 352 g/mol. The number of pyridine rings is 1. The van der Waals surface area contributed by atoms with Gasteiger partial charge in [0.1, 0.15) is 12.2 Å². The largest absolute Gasteiger partial charge is 0.465 e. The summed E-state index contributed by atoms with van der Waals surface area (Å²) in [6.45, 7) is 7.49. The number of carbonyl (C=O) groups excluding carboxylic acids is 3. The van der Waals surface area contributed by atoms with Gasteiger partial charge in [0.15, 0.2) is 0 Å². The average Bonchev–Trinajstić information content (AvgIpc) is 3.18. The van der Waals surface area contributed by atoms with Crippen molar-refractivity contribution in [1.29, 1.82) is 0 Å². The molecule has 1 amide bonds. The lowest BCUT2D eigenvalue weighted by atomic mass is 9.88. The topological polar surface area (TPSA) is 95.0 Å². The van der Waals surface area contributed by atoms with Crippen LogP contribution in [0, 0.1) is 11.8 Å². The van der Waals surface area contributed by atoms with E-state index in [4.69, 9.17) is 14.2 Å². The van der Waals surface area contributed by atoms with E-state index in [1.54, 1.807) is 23.4 Å². The fourth-order valence-electron chi connectivity index (χ4n) is 3.26. The summed E-state index contributed by atoms with van der Waals surface area (Å²) >= 11 is 0. The molecule has 4 heterocycles. The molecule has 2 fully saturated rings. The highest BCUT2D eigenvalue weighted by Crippen LogP contribution is 2.31. The van der Waals surface area contributed by atoms with Gasteiger partial charge in [0.05, 0.1) is 18.1 Å². The summed E-state index contributed by atoms with van der Waals surface area (Å²) in [4.78, 5) is 39.6. The van der Waals surface area contributed by atoms with E-state index < -0.39 is 5.60 Å². The molecule has 0 aromatic carbocycles. The number of carbonyl (C=O) groups is 3. The molecule has 2 atom stereocenters. The van der Waals surface area contributed by atoms with Crippen molar-refractivity contribution in [2.45, 2.75) is 39.4 Å². The van der Waals surface area contributed by atoms with Crippen LogP contribution in [0.3, 0.4) is 0 Å². The molecule has 2 saturated heterocycles. The van der Waals surface area contributed by atoms with Crippen molar-refractivity contribution in [1.82, 2.24) is 9.88 Å². The highest BCUT2D eigenvalue weighted by molar-refractivity contribution is 5.92. The van der Waals surface area contributed by atoms with E-state index in [0.717, 1.165) is 5.56 Å². The molecule has 3 aliphatic heterocycles. The van der Waals surface area contributed by atoms with Crippen molar-refractivity contribution < 1.29 is 28.6 Å². The first-order valence-electron chi connectivity index (χ1n) is 8.99. The molecule has 3 aliphatic rings. The molecule has 1 aromatic rings. The number of cyclic esters (lactones) is 2. The van der Waals surface area contributed by atoms with Crippen molar-refractivity contribution >= 4 is 18.0 Å². The zero-order valence-electron chi connectivity index (χ0n) is 15.8. The van der Waals surface area contributed by atoms with Crippen LogP contribution in [0.4, 0.5) is 4.79 Å². The Kier molecular flexibility index (Phi) is 5.34. The first kappa shape index (κ1) is 19.1. The zero-order chi connectivity index (χ0) is 19.6. The molecule has 0 spiro atoms. The first-order valence-corrected chi connectivity index (χ1v) is 8.99. The lowest BCUT2D eigenvalue weighted by molar-refractivity contribution is -0.141. The van der Waals surface area contributed by atoms with E-state index in [9.17, 15) is 14.4 Å². The number of esters is 2. The molecule has 146 valence electrons. The van der Waals surface area contributed by atoms with Gasteiger partial charge in [-0.2, -0.15) is 0 Å². The number of ether oxygens (including phenoxy) is 3. The monoisotopic (exact) mass is 376 g/mol. The molecule has 0 N–H and O–H groups in total. The summed E-state index contributed by atoms with van der Waals surface area (Å²) in [6, 6.07) is 1.67. The number of likely N-dealkylation sites (tertiary alicyclic amines) is 1.